The van der Waals surface area contributed by atoms with E-state index in [0.717, 1.165) is 5.56 Å². The molecule has 1 amide bonds. The molecule has 130 valence electrons. The molecule has 24 heavy (non-hydrogen) atoms. The Bertz CT molecular complexity index is 720. The summed E-state index contributed by atoms with van der Waals surface area (Å²) in [6.45, 7) is 1.75. The standard InChI is InChI=1S/C16H16ClF3N2O2/c1-9-6-7-10(12(17)8-9)14(23)22-15(24,16(18,19)20)11-4-2-3-5-13(11)21-22/h6-8,11,24H,2-5H2,1H3/t11-,15+/m1/s1. The van der Waals surface area contributed by atoms with Crippen molar-refractivity contribution in [3.05, 3.63) is 34.3 Å². The Balaban J connectivity index is 2.07. The molecule has 1 aliphatic heterocycles. The Kier molecular flexibility index (Phi) is 4.12. The second-order valence-electron chi connectivity index (χ2n) is 6.21. The molecule has 1 aliphatic carbocycles. The monoisotopic (exact) mass is 360 g/mol. The summed E-state index contributed by atoms with van der Waals surface area (Å²) in [7, 11) is 0. The lowest BCUT2D eigenvalue weighted by Gasteiger charge is -2.38. The first kappa shape index (κ1) is 17.2. The molecule has 0 bridgehead atoms. The van der Waals surface area contributed by atoms with Crippen molar-refractivity contribution in [2.75, 3.05) is 0 Å². The fourth-order valence-corrected chi connectivity index (χ4v) is 3.64. The van der Waals surface area contributed by atoms with Crippen LogP contribution in [0.25, 0.3) is 0 Å². The summed E-state index contributed by atoms with van der Waals surface area (Å²) >= 11 is 6.00. The Hall–Kier alpha value is -1.60. The Morgan fingerprint density at radius 1 is 1.42 bits per heavy atom. The van der Waals surface area contributed by atoms with Gasteiger partial charge in [-0.1, -0.05) is 24.1 Å². The number of halogens is 4. The van der Waals surface area contributed by atoms with Gasteiger partial charge >= 0.3 is 6.18 Å². The number of aliphatic hydroxyl groups is 1. The molecular weight excluding hydrogens is 345 g/mol. The molecule has 1 saturated carbocycles. The summed E-state index contributed by atoms with van der Waals surface area (Å²) in [6.07, 6.45) is -3.30. The number of carbonyl (C=O) groups excluding carboxylic acids is 1. The summed E-state index contributed by atoms with van der Waals surface area (Å²) in [5.41, 5.74) is -2.46. The zero-order chi connectivity index (χ0) is 17.7. The highest BCUT2D eigenvalue weighted by Gasteiger charge is 2.68. The number of hydrazone groups is 1. The summed E-state index contributed by atoms with van der Waals surface area (Å²) in [5, 5.41) is 14.5. The molecule has 3 rings (SSSR count). The Morgan fingerprint density at radius 2 is 2.12 bits per heavy atom. The van der Waals surface area contributed by atoms with Gasteiger partial charge in [-0.05, 0) is 43.9 Å². The van der Waals surface area contributed by atoms with Crippen molar-refractivity contribution >= 4 is 23.2 Å². The van der Waals surface area contributed by atoms with E-state index in [1.807, 2.05) is 0 Å². The zero-order valence-electron chi connectivity index (χ0n) is 12.9. The van der Waals surface area contributed by atoms with Crippen LogP contribution in [0.4, 0.5) is 13.2 Å². The molecule has 0 radical (unpaired) electrons. The van der Waals surface area contributed by atoms with Crippen LogP contribution in [0.15, 0.2) is 23.3 Å². The highest BCUT2D eigenvalue weighted by molar-refractivity contribution is 6.34. The Morgan fingerprint density at radius 3 is 2.75 bits per heavy atom. The largest absolute Gasteiger partial charge is 0.439 e. The molecule has 1 aromatic carbocycles. The summed E-state index contributed by atoms with van der Waals surface area (Å²) in [6, 6.07) is 4.40. The predicted molar refractivity (Wildman–Crippen MR) is 82.8 cm³/mol. The van der Waals surface area contributed by atoms with E-state index in [-0.39, 0.29) is 27.7 Å². The molecule has 2 atom stereocenters. The van der Waals surface area contributed by atoms with Gasteiger partial charge < -0.3 is 5.11 Å². The van der Waals surface area contributed by atoms with E-state index in [1.54, 1.807) is 13.0 Å². The minimum Gasteiger partial charge on any atom is -0.362 e. The zero-order valence-corrected chi connectivity index (χ0v) is 13.7. The third-order valence-corrected chi connectivity index (χ3v) is 4.89. The third kappa shape index (κ3) is 2.50. The maximum Gasteiger partial charge on any atom is 0.439 e. The van der Waals surface area contributed by atoms with Crippen LogP contribution in [0.5, 0.6) is 0 Å². The van der Waals surface area contributed by atoms with Gasteiger partial charge in [0.2, 0.25) is 0 Å². The topological polar surface area (TPSA) is 52.9 Å². The van der Waals surface area contributed by atoms with Crippen LogP contribution in [0.2, 0.25) is 5.02 Å². The van der Waals surface area contributed by atoms with Crippen LogP contribution in [0, 0.1) is 12.8 Å². The van der Waals surface area contributed by atoms with Crippen molar-refractivity contribution in [3.8, 4) is 0 Å². The quantitative estimate of drug-likeness (QED) is 0.825. The summed E-state index contributed by atoms with van der Waals surface area (Å²) in [4.78, 5) is 12.7. The average Bonchev–Trinajstić information content (AvgIpc) is 2.81. The van der Waals surface area contributed by atoms with Crippen LogP contribution in [0.1, 0.15) is 41.6 Å². The van der Waals surface area contributed by atoms with Gasteiger partial charge in [0.1, 0.15) is 0 Å². The molecule has 0 unspecified atom stereocenters. The van der Waals surface area contributed by atoms with Crippen molar-refractivity contribution in [2.45, 2.75) is 44.5 Å². The summed E-state index contributed by atoms with van der Waals surface area (Å²) < 4.78 is 41.0. The molecule has 1 heterocycles. The number of alkyl halides is 3. The number of nitrogens with zero attached hydrogens (tertiary/aromatic N) is 2. The van der Waals surface area contributed by atoms with Crippen LogP contribution in [-0.2, 0) is 0 Å². The number of aryl methyl sites for hydroxylation is 1. The van der Waals surface area contributed by atoms with Crippen LogP contribution >= 0.6 is 11.6 Å². The second kappa shape index (κ2) is 5.74. The van der Waals surface area contributed by atoms with E-state index in [4.69, 9.17) is 11.6 Å². The van der Waals surface area contributed by atoms with Crippen molar-refractivity contribution in [2.24, 2.45) is 11.0 Å². The number of hydrogen-bond donors (Lipinski definition) is 1. The third-order valence-electron chi connectivity index (χ3n) is 4.58. The molecule has 0 aromatic heterocycles. The Labute approximate surface area is 141 Å². The SMILES string of the molecule is Cc1ccc(C(=O)N2N=C3CCCC[C@H]3[C@]2(O)C(F)(F)F)c(Cl)c1. The number of fused-ring (bicyclic) bond motifs is 1. The highest BCUT2D eigenvalue weighted by atomic mass is 35.5. The number of hydrogen-bond acceptors (Lipinski definition) is 3. The fraction of sp³-hybridized carbons (Fsp3) is 0.500. The molecule has 1 N–H and O–H groups in total. The molecule has 4 nitrogen and oxygen atoms in total. The van der Waals surface area contributed by atoms with E-state index < -0.39 is 23.7 Å². The molecule has 1 fully saturated rings. The first-order valence-corrected chi connectivity index (χ1v) is 8.01. The molecule has 8 heteroatoms. The normalized spacial score (nSPS) is 27.0. The highest BCUT2D eigenvalue weighted by Crippen LogP contribution is 2.48. The van der Waals surface area contributed by atoms with Gasteiger partial charge in [0, 0.05) is 5.71 Å². The maximum absolute atomic E-state index is 13.7. The minimum absolute atomic E-state index is 0.0274. The van der Waals surface area contributed by atoms with Crippen molar-refractivity contribution in [1.29, 1.82) is 0 Å². The fourth-order valence-electron chi connectivity index (χ4n) is 3.33. The van der Waals surface area contributed by atoms with E-state index in [0.29, 0.717) is 19.3 Å². The van der Waals surface area contributed by atoms with Crippen molar-refractivity contribution in [3.63, 3.8) is 0 Å². The van der Waals surface area contributed by atoms with E-state index in [9.17, 15) is 23.1 Å². The van der Waals surface area contributed by atoms with E-state index >= 15 is 0 Å². The first-order chi connectivity index (χ1) is 11.2. The van der Waals surface area contributed by atoms with Gasteiger partial charge in [-0.2, -0.15) is 23.3 Å². The molecule has 2 aliphatic rings. The molecule has 1 aromatic rings. The molecule has 0 saturated heterocycles. The van der Waals surface area contributed by atoms with Crippen molar-refractivity contribution < 1.29 is 23.1 Å². The number of amides is 1. The van der Waals surface area contributed by atoms with Gasteiger partial charge in [-0.15, -0.1) is 0 Å². The molecular formula is C16H16ClF3N2O2. The van der Waals surface area contributed by atoms with Crippen LogP contribution < -0.4 is 0 Å². The van der Waals surface area contributed by atoms with E-state index in [1.165, 1.54) is 12.1 Å². The summed E-state index contributed by atoms with van der Waals surface area (Å²) in [5.74, 6) is -2.28. The van der Waals surface area contributed by atoms with Crippen LogP contribution in [0.3, 0.4) is 0 Å². The number of carbonyl (C=O) groups is 1. The number of benzene rings is 1. The van der Waals surface area contributed by atoms with Gasteiger partial charge in [0.05, 0.1) is 16.5 Å². The van der Waals surface area contributed by atoms with E-state index in [2.05, 4.69) is 5.10 Å². The van der Waals surface area contributed by atoms with Gasteiger partial charge in [0.25, 0.3) is 11.6 Å². The van der Waals surface area contributed by atoms with Gasteiger partial charge in [0.15, 0.2) is 0 Å². The predicted octanol–water partition coefficient (Wildman–Crippen LogP) is 3.90. The molecule has 0 spiro atoms. The maximum atomic E-state index is 13.7. The first-order valence-electron chi connectivity index (χ1n) is 7.63. The lowest BCUT2D eigenvalue weighted by atomic mass is 9.80. The van der Waals surface area contributed by atoms with Gasteiger partial charge in [-0.25, -0.2) is 0 Å². The number of rotatable bonds is 1. The smallest absolute Gasteiger partial charge is 0.362 e. The average molecular weight is 361 g/mol. The minimum atomic E-state index is -5.02. The van der Waals surface area contributed by atoms with Gasteiger partial charge in [-0.3, -0.25) is 4.79 Å². The lowest BCUT2D eigenvalue weighted by molar-refractivity contribution is -0.312. The van der Waals surface area contributed by atoms with Crippen molar-refractivity contribution in [1.82, 2.24) is 5.01 Å². The van der Waals surface area contributed by atoms with Crippen LogP contribution in [-0.4, -0.2) is 33.6 Å². The lowest BCUT2D eigenvalue weighted by Crippen LogP contribution is -2.61. The second-order valence-corrected chi connectivity index (χ2v) is 6.62.